The first-order valence-corrected chi connectivity index (χ1v) is 8.98. The number of nitrogens with zero attached hydrogens (tertiary/aromatic N) is 3. The first-order valence-electron chi connectivity index (χ1n) is 8.98. The Morgan fingerprint density at radius 3 is 2.67 bits per heavy atom. The van der Waals surface area contributed by atoms with Crippen molar-refractivity contribution in [3.05, 3.63) is 70.9 Å². The zero-order chi connectivity index (χ0) is 18.6. The van der Waals surface area contributed by atoms with Crippen molar-refractivity contribution in [2.24, 2.45) is 0 Å². The number of carbonyl (C=O) groups excluding carboxylic acids is 1. The Morgan fingerprint density at radius 2 is 1.96 bits per heavy atom. The third-order valence-corrected chi connectivity index (χ3v) is 5.33. The van der Waals surface area contributed by atoms with Crippen LogP contribution in [0.1, 0.15) is 33.1 Å². The number of hydrogen-bond acceptors (Lipinski definition) is 5. The van der Waals surface area contributed by atoms with E-state index in [1.807, 2.05) is 50.4 Å². The Balaban J connectivity index is 1.38. The maximum absolute atomic E-state index is 12.7. The van der Waals surface area contributed by atoms with Gasteiger partial charge in [-0.15, -0.1) is 0 Å². The smallest absolute Gasteiger partial charge is 0.257 e. The molecule has 0 aliphatic carbocycles. The quantitative estimate of drug-likeness (QED) is 0.701. The Labute approximate surface area is 156 Å². The van der Waals surface area contributed by atoms with Crippen LogP contribution in [0.25, 0.3) is 11.4 Å². The number of aromatic nitrogens is 2. The third kappa shape index (κ3) is 2.48. The van der Waals surface area contributed by atoms with Gasteiger partial charge >= 0.3 is 0 Å². The van der Waals surface area contributed by atoms with E-state index >= 15 is 0 Å². The van der Waals surface area contributed by atoms with Crippen molar-refractivity contribution in [3.8, 4) is 11.4 Å². The van der Waals surface area contributed by atoms with Crippen LogP contribution >= 0.6 is 0 Å². The van der Waals surface area contributed by atoms with E-state index in [1.54, 1.807) is 11.0 Å². The Morgan fingerprint density at radius 1 is 1.19 bits per heavy atom. The maximum atomic E-state index is 12.7. The SMILES string of the molecule is Cc1cc(C(=O)N2CC3(C2)OCc2nc(-c4ccccc4)ncc23)c(C)o1. The molecule has 0 radical (unpaired) electrons. The largest absolute Gasteiger partial charge is 0.466 e. The fourth-order valence-corrected chi connectivity index (χ4v) is 3.91. The number of ether oxygens (including phenoxy) is 1. The normalized spacial score (nSPS) is 17.0. The molecular formula is C21H19N3O3. The Bertz CT molecular complexity index is 1040. The second-order valence-electron chi connectivity index (χ2n) is 7.19. The summed E-state index contributed by atoms with van der Waals surface area (Å²) in [7, 11) is 0. The number of fused-ring (bicyclic) bond motifs is 2. The molecule has 2 aromatic heterocycles. The second kappa shape index (κ2) is 5.76. The van der Waals surface area contributed by atoms with Gasteiger partial charge in [-0.05, 0) is 19.9 Å². The van der Waals surface area contributed by atoms with Crippen LogP contribution in [0.4, 0.5) is 0 Å². The van der Waals surface area contributed by atoms with E-state index in [1.165, 1.54) is 0 Å². The van der Waals surface area contributed by atoms with E-state index in [4.69, 9.17) is 14.1 Å². The minimum absolute atomic E-state index is 0.0196. The van der Waals surface area contributed by atoms with E-state index in [0.29, 0.717) is 36.8 Å². The number of rotatable bonds is 2. The van der Waals surface area contributed by atoms with Gasteiger partial charge < -0.3 is 14.1 Å². The minimum atomic E-state index is -0.479. The molecule has 2 aliphatic heterocycles. The molecule has 6 nitrogen and oxygen atoms in total. The molecule has 0 bridgehead atoms. The van der Waals surface area contributed by atoms with E-state index < -0.39 is 5.60 Å². The molecule has 4 heterocycles. The Hall–Kier alpha value is -2.99. The number of carbonyl (C=O) groups is 1. The molecule has 1 spiro atoms. The average Bonchev–Trinajstić information content (AvgIpc) is 3.20. The van der Waals surface area contributed by atoms with Gasteiger partial charge in [0.15, 0.2) is 5.82 Å². The summed E-state index contributed by atoms with van der Waals surface area (Å²) in [6, 6.07) is 11.7. The fourth-order valence-electron chi connectivity index (χ4n) is 3.91. The molecule has 0 unspecified atom stereocenters. The zero-order valence-electron chi connectivity index (χ0n) is 15.2. The lowest BCUT2D eigenvalue weighted by atomic mass is 9.87. The standard InChI is InChI=1S/C21H19N3O3/c1-13-8-16(14(2)27-13)20(25)24-11-21(12-24)17-9-22-19(23-18(17)10-26-21)15-6-4-3-5-7-15/h3-9H,10-12H2,1-2H3. The number of furan rings is 1. The van der Waals surface area contributed by atoms with Gasteiger partial charge in [-0.2, -0.15) is 0 Å². The van der Waals surface area contributed by atoms with Crippen molar-refractivity contribution in [1.29, 1.82) is 0 Å². The summed E-state index contributed by atoms with van der Waals surface area (Å²) in [5.41, 5.74) is 3.03. The number of amides is 1. The van der Waals surface area contributed by atoms with Gasteiger partial charge in [0.05, 0.1) is 31.0 Å². The third-order valence-electron chi connectivity index (χ3n) is 5.33. The molecule has 0 atom stereocenters. The van der Waals surface area contributed by atoms with Gasteiger partial charge in [-0.1, -0.05) is 30.3 Å². The van der Waals surface area contributed by atoms with E-state index in [2.05, 4.69) is 4.98 Å². The second-order valence-corrected chi connectivity index (χ2v) is 7.19. The highest BCUT2D eigenvalue weighted by Gasteiger charge is 2.53. The van der Waals surface area contributed by atoms with Crippen molar-refractivity contribution in [2.75, 3.05) is 13.1 Å². The van der Waals surface area contributed by atoms with Crippen LogP contribution < -0.4 is 0 Å². The van der Waals surface area contributed by atoms with Crippen LogP contribution in [0.3, 0.4) is 0 Å². The number of hydrogen-bond donors (Lipinski definition) is 0. The van der Waals surface area contributed by atoms with Crippen molar-refractivity contribution < 1.29 is 13.9 Å². The maximum Gasteiger partial charge on any atom is 0.257 e. The summed E-state index contributed by atoms with van der Waals surface area (Å²) in [6.07, 6.45) is 1.85. The molecular weight excluding hydrogens is 342 g/mol. The van der Waals surface area contributed by atoms with Gasteiger partial charge in [0, 0.05) is 17.3 Å². The van der Waals surface area contributed by atoms with Gasteiger partial charge in [0.2, 0.25) is 0 Å². The van der Waals surface area contributed by atoms with E-state index in [-0.39, 0.29) is 5.91 Å². The molecule has 6 heteroatoms. The van der Waals surface area contributed by atoms with Crippen LogP contribution in [0.2, 0.25) is 0 Å². The summed E-state index contributed by atoms with van der Waals surface area (Å²) in [4.78, 5) is 23.7. The van der Waals surface area contributed by atoms with Gasteiger partial charge in [-0.3, -0.25) is 4.79 Å². The number of aryl methyl sites for hydroxylation is 2. The predicted octanol–water partition coefficient (Wildman–Crippen LogP) is 3.23. The van der Waals surface area contributed by atoms with Crippen molar-refractivity contribution in [3.63, 3.8) is 0 Å². The van der Waals surface area contributed by atoms with E-state index in [0.717, 1.165) is 22.6 Å². The molecule has 27 heavy (non-hydrogen) atoms. The van der Waals surface area contributed by atoms with E-state index in [9.17, 15) is 4.79 Å². The Kier molecular flexibility index (Phi) is 3.45. The molecule has 0 saturated carbocycles. The minimum Gasteiger partial charge on any atom is -0.466 e. The first kappa shape index (κ1) is 16.2. The molecule has 2 aliphatic rings. The molecule has 1 amide bonds. The van der Waals surface area contributed by atoms with Crippen molar-refractivity contribution in [2.45, 2.75) is 26.1 Å². The van der Waals surface area contributed by atoms with Gasteiger partial charge in [0.25, 0.3) is 5.91 Å². The van der Waals surface area contributed by atoms with Crippen LogP contribution in [0, 0.1) is 13.8 Å². The van der Waals surface area contributed by atoms with Gasteiger partial charge in [0.1, 0.15) is 17.1 Å². The lowest BCUT2D eigenvalue weighted by Gasteiger charge is -2.47. The summed E-state index contributed by atoms with van der Waals surface area (Å²) < 4.78 is 11.6. The average molecular weight is 361 g/mol. The highest BCUT2D eigenvalue weighted by molar-refractivity contribution is 5.96. The summed E-state index contributed by atoms with van der Waals surface area (Å²) in [5, 5.41) is 0. The topological polar surface area (TPSA) is 68.5 Å². The number of likely N-dealkylation sites (tertiary alicyclic amines) is 1. The van der Waals surface area contributed by atoms with Crippen LogP contribution in [0.15, 0.2) is 47.0 Å². The molecule has 136 valence electrons. The van der Waals surface area contributed by atoms with Crippen LogP contribution in [-0.2, 0) is 16.9 Å². The van der Waals surface area contributed by atoms with Crippen LogP contribution in [-0.4, -0.2) is 33.9 Å². The summed E-state index contributed by atoms with van der Waals surface area (Å²) >= 11 is 0. The van der Waals surface area contributed by atoms with Crippen LogP contribution in [0.5, 0.6) is 0 Å². The zero-order valence-corrected chi connectivity index (χ0v) is 15.2. The van der Waals surface area contributed by atoms with Crippen molar-refractivity contribution >= 4 is 5.91 Å². The fraction of sp³-hybridized carbons (Fsp3) is 0.286. The molecule has 0 N–H and O–H groups in total. The van der Waals surface area contributed by atoms with Crippen molar-refractivity contribution in [1.82, 2.24) is 14.9 Å². The number of benzene rings is 1. The molecule has 1 fully saturated rings. The highest BCUT2D eigenvalue weighted by Crippen LogP contribution is 2.43. The first-order chi connectivity index (χ1) is 13.1. The molecule has 1 aromatic carbocycles. The summed E-state index contributed by atoms with van der Waals surface area (Å²) in [6.45, 7) is 5.13. The lowest BCUT2D eigenvalue weighted by molar-refractivity contribution is -0.126. The molecule has 5 rings (SSSR count). The summed E-state index contributed by atoms with van der Waals surface area (Å²) in [5.74, 6) is 2.08. The molecule has 3 aromatic rings. The van der Waals surface area contributed by atoms with Gasteiger partial charge in [-0.25, -0.2) is 9.97 Å². The predicted molar refractivity (Wildman–Crippen MR) is 98.0 cm³/mol. The highest BCUT2D eigenvalue weighted by atomic mass is 16.5. The molecule has 1 saturated heterocycles. The lowest BCUT2D eigenvalue weighted by Crippen LogP contribution is -2.61. The monoisotopic (exact) mass is 361 g/mol.